The number of aromatic amines is 1. The zero-order chi connectivity index (χ0) is 40.9. The number of rotatable bonds is 22. The third-order valence-electron chi connectivity index (χ3n) is 8.31. The highest BCUT2D eigenvalue weighted by atomic mass is 16.4. The van der Waals surface area contributed by atoms with Gasteiger partial charge >= 0.3 is 17.9 Å². The van der Waals surface area contributed by atoms with E-state index in [0.717, 1.165) is 0 Å². The lowest BCUT2D eigenvalue weighted by atomic mass is 9.99. The molecule has 0 saturated carbocycles. The minimum atomic E-state index is -1.93. The molecule has 20 nitrogen and oxygen atoms in total. The van der Waals surface area contributed by atoms with Crippen LogP contribution in [0.25, 0.3) is 10.9 Å². The largest absolute Gasteiger partial charge is 0.481 e. The van der Waals surface area contributed by atoms with Gasteiger partial charge in [-0.1, -0.05) is 45.9 Å². The molecule has 54 heavy (non-hydrogen) atoms. The minimum absolute atomic E-state index is 0.216. The van der Waals surface area contributed by atoms with Crippen molar-refractivity contribution in [3.05, 3.63) is 36.0 Å². The summed E-state index contributed by atoms with van der Waals surface area (Å²) in [6.45, 7) is 6.49. The molecule has 296 valence electrons. The average molecular weight is 761 g/mol. The second-order valence-electron chi connectivity index (χ2n) is 13.3. The Kier molecular flexibility index (Phi) is 16.5. The van der Waals surface area contributed by atoms with E-state index in [1.165, 1.54) is 0 Å². The number of amides is 6. The molecule has 0 aliphatic carbocycles. The third-order valence-corrected chi connectivity index (χ3v) is 8.31. The van der Waals surface area contributed by atoms with Crippen LogP contribution < -0.4 is 38.1 Å². The van der Waals surface area contributed by atoms with E-state index < -0.39 is 115 Å². The van der Waals surface area contributed by atoms with Gasteiger partial charge in [0.1, 0.15) is 30.2 Å². The lowest BCUT2D eigenvalue weighted by Gasteiger charge is -2.28. The smallest absolute Gasteiger partial charge is 0.326 e. The number of benzene rings is 1. The van der Waals surface area contributed by atoms with Gasteiger partial charge in [0.2, 0.25) is 35.4 Å². The molecule has 1 heterocycles. The standard InChI is InChI=1S/C34H48N8O12/c1-15(2)27(36)32(51)38-20(9-10-25(44)45)29(48)42-28(16(3)4)33(52)40-21(11-17-14-37-19-8-6-5-7-18(17)19)30(49)39-22(12-24(35)43)31(50)41-23(34(53)54)13-26(46)47/h5-8,14-16,20-23,27-28,37H,9-13,36H2,1-4H3,(H2,35,43)(H,38,51)(H,39,49)(H,40,52)(H,41,50)(H,42,48)(H,44,45)(H,46,47)(H,53,54)/t20-,21-,22-,23-,27-,28-/m0/s1. The Hall–Kier alpha value is -6.05. The zero-order valence-electron chi connectivity index (χ0n) is 30.2. The van der Waals surface area contributed by atoms with Crippen molar-refractivity contribution in [1.82, 2.24) is 31.6 Å². The Labute approximate surface area is 309 Å². The number of aliphatic carboxylic acids is 3. The van der Waals surface area contributed by atoms with Crippen molar-refractivity contribution in [2.45, 2.75) is 96.1 Å². The molecule has 0 aliphatic heterocycles. The van der Waals surface area contributed by atoms with Crippen LogP contribution in [0.15, 0.2) is 30.5 Å². The van der Waals surface area contributed by atoms with Crippen LogP contribution in [0.5, 0.6) is 0 Å². The summed E-state index contributed by atoms with van der Waals surface area (Å²) in [5.41, 5.74) is 12.4. The first kappa shape index (κ1) is 44.1. The highest BCUT2D eigenvalue weighted by molar-refractivity contribution is 5.98. The van der Waals surface area contributed by atoms with E-state index in [9.17, 15) is 53.4 Å². The number of nitrogens with two attached hydrogens (primary N) is 2. The van der Waals surface area contributed by atoms with E-state index in [-0.39, 0.29) is 18.8 Å². The highest BCUT2D eigenvalue weighted by Crippen LogP contribution is 2.20. The molecule has 20 heteroatoms. The van der Waals surface area contributed by atoms with Crippen molar-refractivity contribution in [3.8, 4) is 0 Å². The molecular weight excluding hydrogens is 712 g/mol. The SMILES string of the molecule is CC(C)[C@H](N)C(=O)N[C@@H](CCC(=O)O)C(=O)N[C@H](C(=O)N[C@@H](Cc1c[nH]c2ccccc12)C(=O)N[C@@H](CC(N)=O)C(=O)N[C@@H](CC(=O)O)C(=O)O)C(C)C. The number of hydrogen-bond acceptors (Lipinski definition) is 10. The first-order chi connectivity index (χ1) is 25.2. The number of nitrogens with one attached hydrogen (secondary N) is 6. The molecular formula is C34H48N8O12. The number of carbonyl (C=O) groups excluding carboxylic acids is 6. The molecule has 0 unspecified atom stereocenters. The topological polar surface area (TPSA) is 342 Å². The molecule has 0 spiro atoms. The molecule has 1 aromatic carbocycles. The van der Waals surface area contributed by atoms with Gasteiger partial charge in [0.25, 0.3) is 0 Å². The molecule has 6 amide bonds. The Bertz CT molecular complexity index is 1720. The molecule has 0 aliphatic rings. The van der Waals surface area contributed by atoms with Crippen LogP contribution in [-0.2, 0) is 49.6 Å². The van der Waals surface area contributed by atoms with Crippen LogP contribution in [0, 0.1) is 11.8 Å². The van der Waals surface area contributed by atoms with Crippen molar-refractivity contribution in [2.75, 3.05) is 0 Å². The van der Waals surface area contributed by atoms with Gasteiger partial charge in [0.15, 0.2) is 0 Å². The van der Waals surface area contributed by atoms with Crippen molar-refractivity contribution in [2.24, 2.45) is 23.3 Å². The Morgan fingerprint density at radius 3 is 1.78 bits per heavy atom. The number of carboxylic acids is 3. The van der Waals surface area contributed by atoms with Crippen LogP contribution in [0.3, 0.4) is 0 Å². The summed E-state index contributed by atoms with van der Waals surface area (Å²) in [5, 5.41) is 40.1. The van der Waals surface area contributed by atoms with E-state index in [1.54, 1.807) is 58.2 Å². The van der Waals surface area contributed by atoms with E-state index >= 15 is 0 Å². The molecule has 2 aromatic rings. The Balaban J connectivity index is 2.45. The molecule has 6 atom stereocenters. The average Bonchev–Trinajstić information content (AvgIpc) is 3.49. The number of primary amides is 1. The normalized spacial score (nSPS) is 14.5. The summed E-state index contributed by atoms with van der Waals surface area (Å²) < 4.78 is 0. The van der Waals surface area contributed by atoms with Gasteiger partial charge in [-0.2, -0.15) is 0 Å². The maximum Gasteiger partial charge on any atom is 0.326 e. The third kappa shape index (κ3) is 13.5. The summed E-state index contributed by atoms with van der Waals surface area (Å²) in [7, 11) is 0. The molecule has 2 rings (SSSR count). The predicted molar refractivity (Wildman–Crippen MR) is 190 cm³/mol. The maximum absolute atomic E-state index is 13.9. The van der Waals surface area contributed by atoms with Crippen molar-refractivity contribution >= 4 is 64.3 Å². The van der Waals surface area contributed by atoms with E-state index in [0.29, 0.717) is 16.5 Å². The number of hydrogen-bond donors (Lipinski definition) is 11. The van der Waals surface area contributed by atoms with Crippen molar-refractivity contribution in [1.29, 1.82) is 0 Å². The monoisotopic (exact) mass is 760 g/mol. The molecule has 0 saturated heterocycles. The second kappa shape index (κ2) is 20.3. The number of fused-ring (bicyclic) bond motifs is 1. The molecule has 1 aromatic heterocycles. The van der Waals surface area contributed by atoms with Crippen LogP contribution in [0.1, 0.15) is 58.9 Å². The fraction of sp³-hybridized carbons (Fsp3) is 0.500. The van der Waals surface area contributed by atoms with Crippen LogP contribution in [0.4, 0.5) is 0 Å². The molecule has 0 bridgehead atoms. The van der Waals surface area contributed by atoms with Crippen molar-refractivity contribution < 1.29 is 58.5 Å². The fourth-order valence-electron chi connectivity index (χ4n) is 5.22. The Morgan fingerprint density at radius 1 is 0.667 bits per heavy atom. The van der Waals surface area contributed by atoms with Crippen LogP contribution >= 0.6 is 0 Å². The number of carbonyl (C=O) groups is 9. The van der Waals surface area contributed by atoms with Gasteiger partial charge in [-0.15, -0.1) is 0 Å². The van der Waals surface area contributed by atoms with Crippen LogP contribution in [-0.4, -0.2) is 110 Å². The summed E-state index contributed by atoms with van der Waals surface area (Å²) in [6.07, 6.45) is -1.34. The van der Waals surface area contributed by atoms with Gasteiger partial charge < -0.3 is 58.4 Å². The number of H-pyrrole nitrogens is 1. The zero-order valence-corrected chi connectivity index (χ0v) is 30.2. The number of aromatic nitrogens is 1. The number of carboxylic acid groups (broad SMARTS) is 3. The lowest BCUT2D eigenvalue weighted by molar-refractivity contribution is -0.147. The lowest BCUT2D eigenvalue weighted by Crippen LogP contribution is -2.61. The number of para-hydroxylation sites is 1. The minimum Gasteiger partial charge on any atom is -0.481 e. The molecule has 13 N–H and O–H groups in total. The molecule has 0 fully saturated rings. The first-order valence-electron chi connectivity index (χ1n) is 17.0. The fourth-order valence-corrected chi connectivity index (χ4v) is 5.22. The van der Waals surface area contributed by atoms with E-state index in [2.05, 4.69) is 26.3 Å². The Morgan fingerprint density at radius 2 is 1.22 bits per heavy atom. The maximum atomic E-state index is 13.9. The predicted octanol–water partition coefficient (Wildman–Crippen LogP) is -1.93. The van der Waals surface area contributed by atoms with Gasteiger partial charge in [0, 0.05) is 29.9 Å². The highest BCUT2D eigenvalue weighted by Gasteiger charge is 2.35. The summed E-state index contributed by atoms with van der Waals surface area (Å²) >= 11 is 0. The summed E-state index contributed by atoms with van der Waals surface area (Å²) in [4.78, 5) is 116. The quantitative estimate of drug-likeness (QED) is 0.0624. The van der Waals surface area contributed by atoms with Gasteiger partial charge in [-0.3, -0.25) is 38.4 Å². The van der Waals surface area contributed by atoms with Gasteiger partial charge in [-0.25, -0.2) is 4.79 Å². The van der Waals surface area contributed by atoms with Crippen LogP contribution in [0.2, 0.25) is 0 Å². The van der Waals surface area contributed by atoms with Gasteiger partial charge in [0.05, 0.1) is 18.9 Å². The summed E-state index contributed by atoms with van der Waals surface area (Å²) in [6, 6.07) is -2.04. The van der Waals surface area contributed by atoms with Crippen molar-refractivity contribution in [3.63, 3.8) is 0 Å². The summed E-state index contributed by atoms with van der Waals surface area (Å²) in [5.74, 6) is -11.4. The second-order valence-corrected chi connectivity index (χ2v) is 13.3. The first-order valence-corrected chi connectivity index (χ1v) is 17.0. The molecule has 0 radical (unpaired) electrons. The van der Waals surface area contributed by atoms with E-state index in [1.807, 2.05) is 5.32 Å². The van der Waals surface area contributed by atoms with E-state index in [4.69, 9.17) is 16.6 Å². The van der Waals surface area contributed by atoms with Gasteiger partial charge in [-0.05, 0) is 29.9 Å².